The fraction of sp³-hybridized carbons (Fsp3) is 0. The quantitative estimate of drug-likeness (QED) is 0.127. The standard InChI is InChI=1S/C90H53BN4O/c1-3-24-64-60(20-1)62-22-5-7-26-66(62)76-50-55(40-44-68(64)76)94-84-52-57(92-80-35-14-9-28-70(80)71-29-10-15-36-81(71)92)42-46-78(84)91-79-47-43-58(93-82-37-16-11-30-72(82)73-31-12-17-38-83(73)93)53-85(79)95(56-41-45-69-65-25-4-2-21-61(65)63-23-6-8-27-67(63)77(69)51-56)87-49-54(48-86(94)89(87)91)59-33-19-34-75-74-32-13-18-39-88(74)96-90(59)75/h1-53H. The number of rotatable bonds is 5. The molecule has 20 aromatic rings. The lowest BCUT2D eigenvalue weighted by Gasteiger charge is -2.45. The molecule has 0 atom stereocenters. The number of benzene rings is 17. The van der Waals surface area contributed by atoms with Gasteiger partial charge in [0.15, 0.2) is 0 Å². The lowest BCUT2D eigenvalue weighted by molar-refractivity contribution is 0.670. The number of hydrogen-bond donors (Lipinski definition) is 0. The number of nitrogens with zero attached hydrogens (tertiary/aromatic N) is 4. The van der Waals surface area contributed by atoms with Gasteiger partial charge in [0.2, 0.25) is 0 Å². The first-order valence-electron chi connectivity index (χ1n) is 33.3. The lowest BCUT2D eigenvalue weighted by Crippen LogP contribution is -2.61. The molecule has 2 aliphatic heterocycles. The Morgan fingerprint density at radius 2 is 0.562 bits per heavy atom. The number of aromatic nitrogens is 2. The minimum atomic E-state index is -0.210. The first-order valence-corrected chi connectivity index (χ1v) is 33.3. The minimum absolute atomic E-state index is 0.210. The average molecular weight is 1220 g/mol. The summed E-state index contributed by atoms with van der Waals surface area (Å²) in [5.74, 6) is 0. The minimum Gasteiger partial charge on any atom is -0.455 e. The van der Waals surface area contributed by atoms with Crippen molar-refractivity contribution < 1.29 is 4.42 Å². The van der Waals surface area contributed by atoms with Gasteiger partial charge in [0.25, 0.3) is 6.71 Å². The molecule has 0 saturated carbocycles. The molecule has 0 fully saturated rings. The van der Waals surface area contributed by atoms with E-state index < -0.39 is 0 Å². The molecule has 0 spiro atoms. The van der Waals surface area contributed by atoms with Gasteiger partial charge in [-0.25, -0.2) is 0 Å². The zero-order chi connectivity index (χ0) is 62.4. The van der Waals surface area contributed by atoms with Crippen molar-refractivity contribution in [3.8, 4) is 22.5 Å². The SMILES string of the molecule is c1ccc2c(c1)oc1c(-c3cc4c5c(c3)N(c3ccc6c7ccccc7c7ccccc7c6c3)c3cc(-n6c7ccccc7c7ccccc76)ccc3B5c3ccc(-n5c6ccccc6c6ccccc65)cc3N4c3ccc4c5ccccc5c5ccccc5c4c3)cccc12. The molecular weight excluding hydrogens is 1160 g/mol. The Morgan fingerprint density at radius 1 is 0.229 bits per heavy atom. The summed E-state index contributed by atoms with van der Waals surface area (Å²) < 4.78 is 12.0. The van der Waals surface area contributed by atoms with Crippen LogP contribution in [0.4, 0.5) is 34.1 Å². The van der Waals surface area contributed by atoms with Gasteiger partial charge in [0.1, 0.15) is 11.2 Å². The fourth-order valence-corrected chi connectivity index (χ4v) is 17.4. The summed E-state index contributed by atoms with van der Waals surface area (Å²) in [5, 5.41) is 21.9. The lowest BCUT2D eigenvalue weighted by atomic mass is 9.33. The maximum Gasteiger partial charge on any atom is 0.252 e. The third-order valence-corrected chi connectivity index (χ3v) is 21.4. The molecule has 0 amide bonds. The van der Waals surface area contributed by atoms with Gasteiger partial charge in [0.05, 0.1) is 22.1 Å². The van der Waals surface area contributed by atoms with Crippen molar-refractivity contribution in [1.82, 2.24) is 9.13 Å². The Bertz CT molecular complexity index is 6300. The van der Waals surface area contributed by atoms with E-state index in [4.69, 9.17) is 4.42 Å². The molecule has 0 bridgehead atoms. The van der Waals surface area contributed by atoms with Crippen LogP contribution in [-0.4, -0.2) is 15.8 Å². The summed E-state index contributed by atoms with van der Waals surface area (Å²) in [6, 6.07) is 121. The fourth-order valence-electron chi connectivity index (χ4n) is 17.4. The Kier molecular flexibility index (Phi) is 10.5. The van der Waals surface area contributed by atoms with E-state index in [2.05, 4.69) is 340 Å². The van der Waals surface area contributed by atoms with E-state index in [1.807, 2.05) is 0 Å². The van der Waals surface area contributed by atoms with Gasteiger partial charge in [-0.2, -0.15) is 0 Å². The Hall–Kier alpha value is -12.6. The maximum atomic E-state index is 7.10. The molecule has 5 heterocycles. The summed E-state index contributed by atoms with van der Waals surface area (Å²) >= 11 is 0. The third kappa shape index (κ3) is 7.08. The van der Waals surface area contributed by atoms with E-state index in [1.165, 1.54) is 125 Å². The van der Waals surface area contributed by atoms with Crippen LogP contribution in [0.25, 0.3) is 153 Å². The van der Waals surface area contributed by atoms with Crippen molar-refractivity contribution in [2.24, 2.45) is 0 Å². The third-order valence-electron chi connectivity index (χ3n) is 21.4. The van der Waals surface area contributed by atoms with Crippen LogP contribution in [0.1, 0.15) is 0 Å². The van der Waals surface area contributed by atoms with E-state index in [1.54, 1.807) is 0 Å². The molecule has 6 heteroatoms. The summed E-state index contributed by atoms with van der Waals surface area (Å²) in [7, 11) is 0. The van der Waals surface area contributed by atoms with E-state index in [0.717, 1.165) is 78.6 Å². The van der Waals surface area contributed by atoms with E-state index in [-0.39, 0.29) is 6.71 Å². The summed E-state index contributed by atoms with van der Waals surface area (Å²) in [6.07, 6.45) is 0. The van der Waals surface area contributed by atoms with Crippen molar-refractivity contribution in [1.29, 1.82) is 0 Å². The first-order chi connectivity index (χ1) is 47.6. The molecule has 0 aliphatic carbocycles. The van der Waals surface area contributed by atoms with E-state index in [0.29, 0.717) is 0 Å². The first kappa shape index (κ1) is 51.9. The highest BCUT2D eigenvalue weighted by atomic mass is 16.3. The zero-order valence-corrected chi connectivity index (χ0v) is 51.9. The summed E-state index contributed by atoms with van der Waals surface area (Å²) in [5.41, 5.74) is 21.0. The molecule has 17 aromatic carbocycles. The molecule has 0 unspecified atom stereocenters. The molecule has 0 radical (unpaired) electrons. The monoisotopic (exact) mass is 1220 g/mol. The second-order valence-electron chi connectivity index (χ2n) is 26.2. The normalized spacial score (nSPS) is 12.9. The highest BCUT2D eigenvalue weighted by Gasteiger charge is 2.45. The highest BCUT2D eigenvalue weighted by molar-refractivity contribution is 7.00. The highest BCUT2D eigenvalue weighted by Crippen LogP contribution is 2.51. The van der Waals surface area contributed by atoms with Gasteiger partial charge in [-0.3, -0.25) is 0 Å². The molecule has 96 heavy (non-hydrogen) atoms. The predicted octanol–water partition coefficient (Wildman–Crippen LogP) is 22.4. The van der Waals surface area contributed by atoms with Gasteiger partial charge in [-0.1, -0.05) is 231 Å². The average Bonchev–Trinajstić information content (AvgIpc) is 0.835. The number of furan rings is 1. The van der Waals surface area contributed by atoms with Gasteiger partial charge in [0, 0.05) is 83.4 Å². The number of para-hydroxylation sites is 6. The van der Waals surface area contributed by atoms with Gasteiger partial charge >= 0.3 is 0 Å². The Labute approximate surface area is 551 Å². The van der Waals surface area contributed by atoms with Gasteiger partial charge < -0.3 is 23.4 Å². The molecule has 5 nitrogen and oxygen atoms in total. The van der Waals surface area contributed by atoms with Crippen LogP contribution >= 0.6 is 0 Å². The molecule has 2 aliphatic rings. The van der Waals surface area contributed by atoms with Crippen molar-refractivity contribution in [3.63, 3.8) is 0 Å². The Morgan fingerprint density at radius 3 is 0.979 bits per heavy atom. The van der Waals surface area contributed by atoms with Crippen LogP contribution in [0.2, 0.25) is 0 Å². The molecule has 0 saturated heterocycles. The van der Waals surface area contributed by atoms with Crippen LogP contribution in [0.15, 0.2) is 326 Å². The van der Waals surface area contributed by atoms with Crippen LogP contribution in [0.3, 0.4) is 0 Å². The van der Waals surface area contributed by atoms with Gasteiger partial charge in [-0.05, 0) is 178 Å². The van der Waals surface area contributed by atoms with E-state index >= 15 is 0 Å². The number of fused-ring (bicyclic) bond motifs is 25. The second-order valence-corrected chi connectivity index (χ2v) is 26.2. The van der Waals surface area contributed by atoms with Crippen molar-refractivity contribution in [2.45, 2.75) is 0 Å². The molecular formula is C90H53BN4O. The van der Waals surface area contributed by atoms with Crippen LogP contribution in [0.5, 0.6) is 0 Å². The molecule has 22 rings (SSSR count). The predicted molar refractivity (Wildman–Crippen MR) is 407 cm³/mol. The Balaban J connectivity index is 0.897. The maximum absolute atomic E-state index is 7.10. The summed E-state index contributed by atoms with van der Waals surface area (Å²) in [6.45, 7) is -0.210. The number of hydrogen-bond acceptors (Lipinski definition) is 3. The largest absolute Gasteiger partial charge is 0.455 e. The van der Waals surface area contributed by atoms with Crippen molar-refractivity contribution in [2.75, 3.05) is 9.80 Å². The number of anilines is 6. The molecule has 0 N–H and O–H groups in total. The van der Waals surface area contributed by atoms with Crippen LogP contribution < -0.4 is 26.2 Å². The topological polar surface area (TPSA) is 29.5 Å². The molecule has 3 aromatic heterocycles. The van der Waals surface area contributed by atoms with Gasteiger partial charge in [-0.15, -0.1) is 0 Å². The van der Waals surface area contributed by atoms with Crippen molar-refractivity contribution in [3.05, 3.63) is 322 Å². The van der Waals surface area contributed by atoms with Crippen molar-refractivity contribution >= 4 is 187 Å². The smallest absolute Gasteiger partial charge is 0.252 e. The zero-order valence-electron chi connectivity index (χ0n) is 51.9. The van der Waals surface area contributed by atoms with Crippen LogP contribution in [-0.2, 0) is 0 Å². The summed E-state index contributed by atoms with van der Waals surface area (Å²) in [4.78, 5) is 5.23. The molecule has 442 valence electrons. The van der Waals surface area contributed by atoms with E-state index in [9.17, 15) is 0 Å². The van der Waals surface area contributed by atoms with Crippen LogP contribution in [0, 0.1) is 0 Å². The second kappa shape index (κ2) is 19.5.